The molecule has 36 heavy (non-hydrogen) atoms. The number of aliphatic hydroxyl groups excluding tert-OH is 4. The predicted octanol–water partition coefficient (Wildman–Crippen LogP) is 0.338. The van der Waals surface area contributed by atoms with E-state index in [4.69, 9.17) is 14.2 Å². The van der Waals surface area contributed by atoms with Gasteiger partial charge in [-0.3, -0.25) is 4.79 Å². The molecule has 2 heterocycles. The first kappa shape index (κ1) is 26.0. The van der Waals surface area contributed by atoms with Crippen LogP contribution in [0.4, 0.5) is 0 Å². The Labute approximate surface area is 208 Å². The molecule has 0 bridgehead atoms. The van der Waals surface area contributed by atoms with Crippen molar-refractivity contribution in [3.05, 3.63) is 41.7 Å². The minimum Gasteiger partial charge on any atom is -0.506 e. The Morgan fingerprint density at radius 3 is 2.64 bits per heavy atom. The first-order valence-corrected chi connectivity index (χ1v) is 11.7. The van der Waals surface area contributed by atoms with E-state index < -0.39 is 37.3 Å². The summed E-state index contributed by atoms with van der Waals surface area (Å²) in [5.41, 5.74) is 0.751. The summed E-state index contributed by atoms with van der Waals surface area (Å²) in [7, 11) is 1.45. The molecule has 0 amide bonds. The lowest BCUT2D eigenvalue weighted by atomic mass is 9.94. The van der Waals surface area contributed by atoms with Gasteiger partial charge in [-0.2, -0.15) is 0 Å². The van der Waals surface area contributed by atoms with Gasteiger partial charge in [-0.25, -0.2) is 0 Å². The molecule has 0 spiro atoms. The van der Waals surface area contributed by atoms with E-state index in [0.717, 1.165) is 0 Å². The molecular formula is C25H32N2O9. The highest BCUT2D eigenvalue weighted by Crippen LogP contribution is 2.42. The summed E-state index contributed by atoms with van der Waals surface area (Å²) in [6.07, 6.45) is -2.89. The van der Waals surface area contributed by atoms with Crippen molar-refractivity contribution in [1.29, 1.82) is 0 Å². The molecule has 0 radical (unpaired) electrons. The van der Waals surface area contributed by atoms with Gasteiger partial charge in [0.25, 0.3) is 0 Å². The third kappa shape index (κ3) is 5.06. The van der Waals surface area contributed by atoms with Crippen LogP contribution >= 0.6 is 0 Å². The van der Waals surface area contributed by atoms with Gasteiger partial charge in [-0.05, 0) is 30.4 Å². The summed E-state index contributed by atoms with van der Waals surface area (Å²) in [6, 6.07) is 4.86. The maximum Gasteiger partial charge on any atom is 0.229 e. The van der Waals surface area contributed by atoms with Gasteiger partial charge in [-0.15, -0.1) is 0 Å². The zero-order chi connectivity index (χ0) is 26.0. The van der Waals surface area contributed by atoms with Crippen molar-refractivity contribution in [2.45, 2.75) is 50.5 Å². The minimum absolute atomic E-state index is 0.0357. The molecule has 1 fully saturated rings. The number of phenolic OH excluding ortho intramolecular Hbond substituents is 1. The van der Waals surface area contributed by atoms with Crippen LogP contribution in [0, 0.1) is 6.92 Å². The van der Waals surface area contributed by atoms with Crippen molar-refractivity contribution < 1.29 is 44.5 Å². The van der Waals surface area contributed by atoms with E-state index in [-0.39, 0.29) is 34.7 Å². The lowest BCUT2D eigenvalue weighted by molar-refractivity contribution is -0.277. The van der Waals surface area contributed by atoms with Gasteiger partial charge in [0.05, 0.1) is 31.3 Å². The topological polar surface area (TPSA) is 161 Å². The van der Waals surface area contributed by atoms with E-state index in [1.165, 1.54) is 13.2 Å². The second-order valence-corrected chi connectivity index (χ2v) is 8.97. The summed E-state index contributed by atoms with van der Waals surface area (Å²) in [5, 5.41) is 55.1. The quantitative estimate of drug-likeness (QED) is 0.261. The van der Waals surface area contributed by atoms with Gasteiger partial charge >= 0.3 is 0 Å². The molecule has 2 aromatic carbocycles. The Morgan fingerprint density at radius 2 is 1.97 bits per heavy atom. The highest BCUT2D eigenvalue weighted by atomic mass is 16.7. The number of nitrogens with one attached hydrogen (secondary N) is 1. The lowest BCUT2D eigenvalue weighted by Crippen LogP contribution is -2.60. The number of phenols is 1. The van der Waals surface area contributed by atoms with E-state index >= 15 is 0 Å². The number of Topliss-reactive ketones (excluding diaryl/α,β-unsaturated/α-hetero) is 1. The largest absolute Gasteiger partial charge is 0.506 e. The monoisotopic (exact) mass is 504 g/mol. The summed E-state index contributed by atoms with van der Waals surface area (Å²) in [4.78, 5) is 15.2. The Kier molecular flexibility index (Phi) is 7.86. The number of fused-ring (bicyclic) bond motifs is 1. The van der Waals surface area contributed by atoms with Crippen molar-refractivity contribution in [3.8, 4) is 17.2 Å². The van der Waals surface area contributed by atoms with E-state index in [0.29, 0.717) is 36.3 Å². The molecule has 4 rings (SSSR count). The van der Waals surface area contributed by atoms with Gasteiger partial charge in [0, 0.05) is 31.4 Å². The van der Waals surface area contributed by atoms with E-state index in [1.807, 2.05) is 17.3 Å². The fourth-order valence-corrected chi connectivity index (χ4v) is 4.55. The van der Waals surface area contributed by atoms with Crippen LogP contribution in [0.5, 0.6) is 17.2 Å². The Bertz CT molecular complexity index is 1140. The average Bonchev–Trinajstić information content (AvgIpc) is 3.37. The molecule has 196 valence electrons. The number of methoxy groups -OCH3 is 1. The summed E-state index contributed by atoms with van der Waals surface area (Å²) in [6.45, 7) is 2.49. The maximum atomic E-state index is 13.1. The Hall–Kier alpha value is -3.09. The molecule has 0 unspecified atom stereocenters. The molecule has 11 nitrogen and oxygen atoms in total. The van der Waals surface area contributed by atoms with Crippen molar-refractivity contribution in [3.63, 3.8) is 0 Å². The molecule has 0 saturated carbocycles. The van der Waals surface area contributed by atoms with Crippen LogP contribution in [0.2, 0.25) is 0 Å². The first-order valence-electron chi connectivity index (χ1n) is 11.7. The van der Waals surface area contributed by atoms with Gasteiger partial charge in [0.1, 0.15) is 41.7 Å². The number of rotatable bonds is 9. The number of carbonyl (C=O) groups excluding carboxylic acids is 1. The number of hydrogen-bond donors (Lipinski definition) is 6. The molecule has 2 aliphatic rings. The Morgan fingerprint density at radius 1 is 1.19 bits per heavy atom. The first-order chi connectivity index (χ1) is 17.2. The van der Waals surface area contributed by atoms with Crippen LogP contribution < -0.4 is 14.8 Å². The summed E-state index contributed by atoms with van der Waals surface area (Å²) < 4.78 is 16.7. The number of aryl methyl sites for hydroxylation is 1. The molecule has 2 aromatic rings. The maximum absolute atomic E-state index is 13.1. The zero-order valence-corrected chi connectivity index (χ0v) is 20.1. The third-order valence-corrected chi connectivity index (χ3v) is 6.50. The van der Waals surface area contributed by atoms with Gasteiger partial charge in [0.2, 0.25) is 6.29 Å². The number of aromatic hydroxyl groups is 1. The van der Waals surface area contributed by atoms with Crippen LogP contribution in [0.15, 0.2) is 30.6 Å². The highest BCUT2D eigenvalue weighted by molar-refractivity contribution is 6.08. The number of nitrogens with zero attached hydrogens (tertiary/aromatic N) is 1. The van der Waals surface area contributed by atoms with Gasteiger partial charge in [-0.1, -0.05) is 6.07 Å². The number of aliphatic hydroxyl groups is 4. The van der Waals surface area contributed by atoms with Crippen molar-refractivity contribution in [2.24, 2.45) is 0 Å². The zero-order valence-electron chi connectivity index (χ0n) is 20.1. The fraction of sp³-hybridized carbons (Fsp3) is 0.480. The number of benzene rings is 2. The SMILES string of the molecule is COc1cc(O[C@H]2O[C@H](CO)[C@@H](O)[C@H](O)[C@H]2O)c2c(O)c(C(=O)CCCN3C=CNC3)c(C)cc2c1. The molecule has 0 aromatic heterocycles. The van der Waals surface area contributed by atoms with E-state index in [2.05, 4.69) is 5.32 Å². The summed E-state index contributed by atoms with van der Waals surface area (Å²) >= 11 is 0. The fourth-order valence-electron chi connectivity index (χ4n) is 4.55. The van der Waals surface area contributed by atoms with Crippen LogP contribution in [-0.4, -0.2) is 93.9 Å². The molecule has 2 aliphatic heterocycles. The third-order valence-electron chi connectivity index (χ3n) is 6.50. The van der Waals surface area contributed by atoms with Gasteiger partial charge < -0.3 is 50.0 Å². The number of hydrogen-bond acceptors (Lipinski definition) is 11. The number of ketones is 1. The molecule has 0 aliphatic carbocycles. The molecule has 5 atom stereocenters. The smallest absolute Gasteiger partial charge is 0.229 e. The van der Waals surface area contributed by atoms with Crippen molar-refractivity contribution in [2.75, 3.05) is 26.9 Å². The molecule has 6 N–H and O–H groups in total. The lowest BCUT2D eigenvalue weighted by Gasteiger charge is -2.39. The normalized spacial score (nSPS) is 25.7. The van der Waals surface area contributed by atoms with Crippen LogP contribution in [0.1, 0.15) is 28.8 Å². The second-order valence-electron chi connectivity index (χ2n) is 8.97. The van der Waals surface area contributed by atoms with Gasteiger partial charge in [0.15, 0.2) is 5.78 Å². The average molecular weight is 505 g/mol. The minimum atomic E-state index is -1.65. The number of ether oxygens (including phenoxy) is 3. The predicted molar refractivity (Wildman–Crippen MR) is 129 cm³/mol. The number of carbonyl (C=O) groups is 1. The Balaban J connectivity index is 1.66. The van der Waals surface area contributed by atoms with Crippen LogP contribution in [0.3, 0.4) is 0 Å². The van der Waals surface area contributed by atoms with Crippen molar-refractivity contribution in [1.82, 2.24) is 10.2 Å². The molecular weight excluding hydrogens is 472 g/mol. The second kappa shape index (κ2) is 10.9. The van der Waals surface area contributed by atoms with E-state index in [1.54, 1.807) is 19.1 Å². The molecule has 1 saturated heterocycles. The van der Waals surface area contributed by atoms with Crippen LogP contribution in [-0.2, 0) is 4.74 Å². The molecule has 11 heteroatoms. The van der Waals surface area contributed by atoms with E-state index in [9.17, 15) is 30.3 Å². The standard InChI is InChI=1S/C25H32N2O9/c1-13-8-14-9-15(34-2)10-17(35-25-24(33)23(32)21(30)18(11-28)36-25)20(14)22(31)19(13)16(29)4-3-6-27-7-5-26-12-27/h5,7-10,18,21,23-26,28,30-33H,3-4,6,11-12H2,1-2H3/t18-,21-,23+,24-,25+/m1/s1. The van der Waals surface area contributed by atoms with Crippen LogP contribution in [0.25, 0.3) is 10.8 Å². The summed E-state index contributed by atoms with van der Waals surface area (Å²) in [5.74, 6) is -0.0848. The highest BCUT2D eigenvalue weighted by Gasteiger charge is 2.45. The van der Waals surface area contributed by atoms with Crippen molar-refractivity contribution >= 4 is 16.6 Å².